The zero-order valence-electron chi connectivity index (χ0n) is 17.8. The minimum absolute atomic E-state index is 0.194. The zero-order valence-corrected chi connectivity index (χ0v) is 17.8. The molecule has 0 radical (unpaired) electrons. The van der Waals surface area contributed by atoms with Gasteiger partial charge >= 0.3 is 6.09 Å². The Kier molecular flexibility index (Phi) is 6.14. The van der Waals surface area contributed by atoms with E-state index in [4.69, 9.17) is 4.74 Å². The van der Waals surface area contributed by atoms with E-state index in [9.17, 15) is 14.4 Å². The Hall–Kier alpha value is -2.58. The lowest BCUT2D eigenvalue weighted by Crippen LogP contribution is -2.40. The first-order valence-electron chi connectivity index (χ1n) is 10.2. The van der Waals surface area contributed by atoms with Crippen molar-refractivity contribution in [2.24, 2.45) is 7.05 Å². The molecule has 1 N–H and O–H groups in total. The van der Waals surface area contributed by atoms with Gasteiger partial charge in [-0.2, -0.15) is 5.10 Å². The second kappa shape index (κ2) is 8.42. The van der Waals surface area contributed by atoms with Crippen molar-refractivity contribution in [3.63, 3.8) is 0 Å². The molecule has 3 heterocycles. The summed E-state index contributed by atoms with van der Waals surface area (Å²) in [6.45, 7) is 8.28. The van der Waals surface area contributed by atoms with Crippen molar-refractivity contribution in [1.82, 2.24) is 24.9 Å². The van der Waals surface area contributed by atoms with E-state index >= 15 is 0 Å². The number of nitrogens with one attached hydrogen (secondary N) is 1. The molecule has 9 nitrogen and oxygen atoms in total. The highest BCUT2D eigenvalue weighted by Crippen LogP contribution is 2.23. The van der Waals surface area contributed by atoms with Gasteiger partial charge in [0.1, 0.15) is 11.3 Å². The Bertz CT molecular complexity index is 796. The largest absolute Gasteiger partial charge is 0.444 e. The number of ether oxygens (including phenoxy) is 1. The molecular formula is C20H31N5O4. The van der Waals surface area contributed by atoms with Gasteiger partial charge in [0.15, 0.2) is 0 Å². The molecule has 3 amide bonds. The second-order valence-electron chi connectivity index (χ2n) is 8.64. The molecule has 1 fully saturated rings. The smallest absolute Gasteiger partial charge is 0.410 e. The van der Waals surface area contributed by atoms with E-state index in [-0.39, 0.29) is 17.9 Å². The van der Waals surface area contributed by atoms with Crippen LogP contribution in [-0.4, -0.2) is 69.3 Å². The van der Waals surface area contributed by atoms with E-state index in [1.54, 1.807) is 16.6 Å². The molecule has 0 unspecified atom stereocenters. The molecular weight excluding hydrogens is 374 g/mol. The molecule has 0 bridgehead atoms. The Labute approximate surface area is 171 Å². The minimum Gasteiger partial charge on any atom is -0.444 e. The lowest BCUT2D eigenvalue weighted by atomic mass is 10.1. The monoisotopic (exact) mass is 405 g/mol. The maximum atomic E-state index is 12.8. The molecule has 0 atom stereocenters. The maximum absolute atomic E-state index is 12.8. The number of hydrogen-bond acceptors (Lipinski definition) is 5. The number of carbonyl (C=O) groups excluding carboxylic acids is 3. The number of likely N-dealkylation sites (tertiary alicyclic amines) is 1. The normalized spacial score (nSPS) is 16.8. The summed E-state index contributed by atoms with van der Waals surface area (Å²) in [7, 11) is 1.74. The summed E-state index contributed by atoms with van der Waals surface area (Å²) in [5.41, 5.74) is 1.53. The second-order valence-corrected chi connectivity index (χ2v) is 8.64. The van der Waals surface area contributed by atoms with Crippen LogP contribution in [0, 0.1) is 0 Å². The van der Waals surface area contributed by atoms with E-state index in [1.165, 1.54) is 0 Å². The van der Waals surface area contributed by atoms with Gasteiger partial charge in [-0.3, -0.25) is 14.3 Å². The van der Waals surface area contributed by atoms with Crippen LogP contribution in [0.3, 0.4) is 0 Å². The van der Waals surface area contributed by atoms with Gasteiger partial charge in [-0.15, -0.1) is 0 Å². The van der Waals surface area contributed by atoms with Gasteiger partial charge < -0.3 is 19.9 Å². The van der Waals surface area contributed by atoms with Crippen molar-refractivity contribution >= 4 is 17.9 Å². The number of amides is 3. The van der Waals surface area contributed by atoms with Crippen molar-refractivity contribution in [2.75, 3.05) is 26.2 Å². The molecule has 160 valence electrons. The maximum Gasteiger partial charge on any atom is 0.410 e. The number of hydrogen-bond donors (Lipinski definition) is 1. The van der Waals surface area contributed by atoms with Crippen LogP contribution in [0.1, 0.15) is 61.8 Å². The molecule has 2 aliphatic rings. The highest BCUT2D eigenvalue weighted by Gasteiger charge is 2.31. The average Bonchev–Trinajstić information content (AvgIpc) is 3.18. The Morgan fingerprint density at radius 1 is 1.21 bits per heavy atom. The van der Waals surface area contributed by atoms with Crippen molar-refractivity contribution in [3.8, 4) is 0 Å². The van der Waals surface area contributed by atoms with Crippen LogP contribution >= 0.6 is 0 Å². The summed E-state index contributed by atoms with van der Waals surface area (Å²) in [5, 5.41) is 7.39. The van der Waals surface area contributed by atoms with Crippen molar-refractivity contribution < 1.29 is 19.1 Å². The van der Waals surface area contributed by atoms with Crippen LogP contribution in [-0.2, 0) is 29.5 Å². The van der Waals surface area contributed by atoms with Crippen molar-refractivity contribution in [2.45, 2.75) is 58.6 Å². The van der Waals surface area contributed by atoms with Crippen molar-refractivity contribution in [1.29, 1.82) is 0 Å². The van der Waals surface area contributed by atoms with E-state index in [2.05, 4.69) is 10.4 Å². The third kappa shape index (κ3) is 5.07. The fraction of sp³-hybridized carbons (Fsp3) is 0.700. The summed E-state index contributed by atoms with van der Waals surface area (Å²) in [6, 6.07) is 0. The first-order valence-corrected chi connectivity index (χ1v) is 10.2. The zero-order chi connectivity index (χ0) is 21.2. The Morgan fingerprint density at radius 3 is 2.62 bits per heavy atom. The van der Waals surface area contributed by atoms with Crippen LogP contribution in [0.2, 0.25) is 0 Å². The summed E-state index contributed by atoms with van der Waals surface area (Å²) < 4.78 is 7.05. The van der Waals surface area contributed by atoms with Gasteiger partial charge in [-0.25, -0.2) is 4.79 Å². The van der Waals surface area contributed by atoms with Crippen LogP contribution < -0.4 is 5.32 Å². The van der Waals surface area contributed by atoms with Gasteiger partial charge in [0, 0.05) is 51.6 Å². The molecule has 0 saturated carbocycles. The number of rotatable bonds is 5. The number of fused-ring (bicyclic) bond motifs is 1. The molecule has 3 rings (SSSR count). The van der Waals surface area contributed by atoms with Gasteiger partial charge in [0.2, 0.25) is 5.91 Å². The molecule has 0 aromatic carbocycles. The predicted molar refractivity (Wildman–Crippen MR) is 106 cm³/mol. The number of carbonyl (C=O) groups is 3. The highest BCUT2D eigenvalue weighted by molar-refractivity contribution is 5.94. The average molecular weight is 405 g/mol. The SMILES string of the molecule is Cn1nc2c(c1C(=O)NCCCN1CCCC1=O)CN(C(=O)OC(C)(C)C)CC2. The van der Waals surface area contributed by atoms with E-state index in [0.29, 0.717) is 51.1 Å². The summed E-state index contributed by atoms with van der Waals surface area (Å²) >= 11 is 0. The van der Waals surface area contributed by atoms with Crippen LogP contribution in [0.5, 0.6) is 0 Å². The molecule has 9 heteroatoms. The molecule has 29 heavy (non-hydrogen) atoms. The number of nitrogens with zero attached hydrogens (tertiary/aromatic N) is 4. The van der Waals surface area contributed by atoms with Gasteiger partial charge in [0.05, 0.1) is 12.2 Å². The number of aromatic nitrogens is 2. The summed E-state index contributed by atoms with van der Waals surface area (Å²) in [6.07, 6.45) is 2.46. The molecule has 1 aromatic rings. The third-order valence-electron chi connectivity index (χ3n) is 5.12. The van der Waals surface area contributed by atoms with Gasteiger partial charge in [0.25, 0.3) is 5.91 Å². The van der Waals surface area contributed by atoms with E-state index in [1.807, 2.05) is 25.7 Å². The fourth-order valence-electron chi connectivity index (χ4n) is 3.76. The first-order chi connectivity index (χ1) is 13.7. The first kappa shape index (κ1) is 21.1. The number of aryl methyl sites for hydroxylation is 1. The Balaban J connectivity index is 1.59. The lowest BCUT2D eigenvalue weighted by Gasteiger charge is -2.29. The van der Waals surface area contributed by atoms with E-state index in [0.717, 1.165) is 24.2 Å². The quantitative estimate of drug-likeness (QED) is 0.748. The molecule has 1 saturated heterocycles. The van der Waals surface area contributed by atoms with Crippen LogP contribution in [0.25, 0.3) is 0 Å². The van der Waals surface area contributed by atoms with Crippen LogP contribution in [0.15, 0.2) is 0 Å². The van der Waals surface area contributed by atoms with E-state index < -0.39 is 5.60 Å². The van der Waals surface area contributed by atoms with Crippen LogP contribution in [0.4, 0.5) is 4.79 Å². The van der Waals surface area contributed by atoms with Gasteiger partial charge in [-0.05, 0) is 33.6 Å². The third-order valence-corrected chi connectivity index (χ3v) is 5.12. The van der Waals surface area contributed by atoms with Gasteiger partial charge in [-0.1, -0.05) is 0 Å². The topological polar surface area (TPSA) is 96.8 Å². The Morgan fingerprint density at radius 2 is 1.97 bits per heavy atom. The highest BCUT2D eigenvalue weighted by atomic mass is 16.6. The predicted octanol–water partition coefficient (Wildman–Crippen LogP) is 1.46. The molecule has 2 aliphatic heterocycles. The molecule has 0 aliphatic carbocycles. The molecule has 1 aromatic heterocycles. The summed E-state index contributed by atoms with van der Waals surface area (Å²) in [5.74, 6) is -0.0145. The minimum atomic E-state index is -0.566. The molecule has 0 spiro atoms. The summed E-state index contributed by atoms with van der Waals surface area (Å²) in [4.78, 5) is 40.3. The van der Waals surface area contributed by atoms with Crippen molar-refractivity contribution in [3.05, 3.63) is 17.0 Å². The fourth-order valence-corrected chi connectivity index (χ4v) is 3.76. The standard InChI is InChI=1S/C20H31N5O4/c1-20(2,3)29-19(28)25-12-8-15-14(13-25)17(23(4)22-15)18(27)21-9-6-11-24-10-5-7-16(24)26/h5-13H2,1-4H3,(H,21,27). The lowest BCUT2D eigenvalue weighted by molar-refractivity contribution is -0.127.